The number of hydrogen-bond acceptors (Lipinski definition) is 5. The maximum Gasteiger partial charge on any atom is 0.249 e. The van der Waals surface area contributed by atoms with Crippen LogP contribution in [-0.2, 0) is 16.0 Å². The van der Waals surface area contributed by atoms with Crippen LogP contribution < -0.4 is 20.2 Å². The topological polar surface area (TPSA) is 89.0 Å². The average molecular weight is 387 g/mol. The van der Waals surface area contributed by atoms with Gasteiger partial charge in [-0.3, -0.25) is 9.59 Å². The third kappa shape index (κ3) is 6.39. The average Bonchev–Trinajstić information content (AvgIpc) is 2.69. The molecule has 2 amide bonds. The summed E-state index contributed by atoms with van der Waals surface area (Å²) in [6.45, 7) is 0.361. The Morgan fingerprint density at radius 1 is 1.07 bits per heavy atom. The van der Waals surface area contributed by atoms with Crippen LogP contribution in [0.3, 0.4) is 0 Å². The first-order chi connectivity index (χ1) is 13.5. The fourth-order valence-corrected chi connectivity index (χ4v) is 2.38. The fraction of sp³-hybridized carbons (Fsp3) is 0.250. The predicted octanol–water partition coefficient (Wildman–Crippen LogP) is 2.04. The Bertz CT molecular complexity index is 855. The lowest BCUT2D eigenvalue weighted by molar-refractivity contribution is -0.129. The van der Waals surface area contributed by atoms with Crippen molar-refractivity contribution in [2.75, 3.05) is 20.8 Å². The molecule has 0 radical (unpaired) electrons. The number of nitrogens with one attached hydrogen (secondary N) is 2. The van der Waals surface area contributed by atoms with Gasteiger partial charge in [0.15, 0.2) is 11.5 Å². The minimum atomic E-state index is -0.587. The maximum atomic E-state index is 13.4. The molecule has 0 aliphatic rings. The van der Waals surface area contributed by atoms with Crippen LogP contribution in [0.15, 0.2) is 47.6 Å². The highest BCUT2D eigenvalue weighted by molar-refractivity contribution is 5.97. The Kier molecular flexibility index (Phi) is 7.95. The second kappa shape index (κ2) is 10.7. The zero-order chi connectivity index (χ0) is 20.4. The summed E-state index contributed by atoms with van der Waals surface area (Å²) in [4.78, 5) is 23.5. The molecule has 2 rings (SSSR count). The first-order valence-corrected chi connectivity index (χ1v) is 8.57. The van der Waals surface area contributed by atoms with Gasteiger partial charge in [-0.15, -0.1) is 0 Å². The van der Waals surface area contributed by atoms with Gasteiger partial charge in [0.25, 0.3) is 0 Å². The molecule has 0 aliphatic carbocycles. The monoisotopic (exact) mass is 387 g/mol. The van der Waals surface area contributed by atoms with E-state index in [4.69, 9.17) is 9.47 Å². The third-order valence-corrected chi connectivity index (χ3v) is 3.80. The van der Waals surface area contributed by atoms with Gasteiger partial charge in [0.05, 0.1) is 20.4 Å². The van der Waals surface area contributed by atoms with Crippen LogP contribution in [0.25, 0.3) is 0 Å². The van der Waals surface area contributed by atoms with E-state index in [1.807, 2.05) is 12.1 Å². The quantitative estimate of drug-likeness (QED) is 0.392. The van der Waals surface area contributed by atoms with Gasteiger partial charge < -0.3 is 14.8 Å². The molecule has 2 aromatic rings. The number of ether oxygens (including phenoxy) is 2. The normalized spacial score (nSPS) is 10.5. The lowest BCUT2D eigenvalue weighted by Gasteiger charge is -2.10. The number of carbonyl (C=O) groups excluding carboxylic acids is 2. The van der Waals surface area contributed by atoms with Gasteiger partial charge in [-0.1, -0.05) is 24.3 Å². The highest BCUT2D eigenvalue weighted by Crippen LogP contribution is 2.27. The van der Waals surface area contributed by atoms with E-state index >= 15 is 0 Å². The maximum absolute atomic E-state index is 13.4. The summed E-state index contributed by atoms with van der Waals surface area (Å²) in [6, 6.07) is 11.5. The van der Waals surface area contributed by atoms with E-state index in [-0.39, 0.29) is 12.0 Å². The molecule has 8 heteroatoms. The van der Waals surface area contributed by atoms with Crippen LogP contribution in [0, 0.1) is 5.82 Å². The van der Waals surface area contributed by atoms with Gasteiger partial charge in [0, 0.05) is 12.1 Å². The van der Waals surface area contributed by atoms with Gasteiger partial charge >= 0.3 is 0 Å². The Morgan fingerprint density at radius 3 is 2.54 bits per heavy atom. The van der Waals surface area contributed by atoms with E-state index in [2.05, 4.69) is 15.8 Å². The molecular weight excluding hydrogens is 365 g/mol. The van der Waals surface area contributed by atoms with Crippen molar-refractivity contribution < 1.29 is 23.5 Å². The second-order valence-corrected chi connectivity index (χ2v) is 5.78. The van der Waals surface area contributed by atoms with Crippen LogP contribution in [0.4, 0.5) is 4.39 Å². The van der Waals surface area contributed by atoms with Crippen molar-refractivity contribution in [1.29, 1.82) is 0 Å². The lowest BCUT2D eigenvalue weighted by atomic mass is 10.1. The largest absolute Gasteiger partial charge is 0.493 e. The molecule has 2 N–H and O–H groups in total. The van der Waals surface area contributed by atoms with Crippen molar-refractivity contribution in [3.05, 3.63) is 59.4 Å². The van der Waals surface area contributed by atoms with Crippen molar-refractivity contribution in [1.82, 2.24) is 10.7 Å². The zero-order valence-electron chi connectivity index (χ0n) is 15.7. The number of hydrazone groups is 1. The summed E-state index contributed by atoms with van der Waals surface area (Å²) < 4.78 is 23.8. The van der Waals surface area contributed by atoms with Crippen molar-refractivity contribution in [2.24, 2.45) is 5.10 Å². The zero-order valence-corrected chi connectivity index (χ0v) is 15.7. The van der Waals surface area contributed by atoms with E-state index in [9.17, 15) is 14.0 Å². The molecule has 0 aliphatic heterocycles. The number of rotatable bonds is 9. The molecule has 0 heterocycles. The molecule has 0 aromatic heterocycles. The molecule has 0 fully saturated rings. The molecule has 2 aromatic carbocycles. The second-order valence-electron chi connectivity index (χ2n) is 5.78. The van der Waals surface area contributed by atoms with E-state index < -0.39 is 17.6 Å². The van der Waals surface area contributed by atoms with Crippen LogP contribution in [0.5, 0.6) is 11.5 Å². The van der Waals surface area contributed by atoms with Gasteiger partial charge in [0.1, 0.15) is 12.2 Å². The minimum Gasteiger partial charge on any atom is -0.493 e. The molecule has 28 heavy (non-hydrogen) atoms. The van der Waals surface area contributed by atoms with Gasteiger partial charge in [0.2, 0.25) is 11.8 Å². The molecule has 0 spiro atoms. The smallest absolute Gasteiger partial charge is 0.249 e. The highest BCUT2D eigenvalue weighted by Gasteiger charge is 2.09. The van der Waals surface area contributed by atoms with Crippen LogP contribution in [0.2, 0.25) is 0 Å². The van der Waals surface area contributed by atoms with E-state index in [0.29, 0.717) is 24.5 Å². The molecule has 0 saturated carbocycles. The molecule has 0 atom stereocenters. The van der Waals surface area contributed by atoms with E-state index in [1.165, 1.54) is 18.3 Å². The number of hydrogen-bond donors (Lipinski definition) is 2. The van der Waals surface area contributed by atoms with Crippen molar-refractivity contribution in [2.45, 2.75) is 12.8 Å². The van der Waals surface area contributed by atoms with Crippen LogP contribution in [0.1, 0.15) is 17.5 Å². The summed E-state index contributed by atoms with van der Waals surface area (Å²) in [5.74, 6) is -0.231. The molecule has 7 nitrogen and oxygen atoms in total. The molecule has 0 bridgehead atoms. The summed E-state index contributed by atoms with van der Waals surface area (Å²) in [5, 5.41) is 6.31. The molecule has 0 unspecified atom stereocenters. The van der Waals surface area contributed by atoms with Gasteiger partial charge in [-0.05, 0) is 30.2 Å². The molecule has 0 saturated heterocycles. The van der Waals surface area contributed by atoms with Crippen LogP contribution in [-0.4, -0.2) is 38.8 Å². The number of amides is 2. The van der Waals surface area contributed by atoms with Gasteiger partial charge in [-0.25, -0.2) is 9.82 Å². The van der Waals surface area contributed by atoms with E-state index in [1.54, 1.807) is 32.4 Å². The number of benzene rings is 2. The summed E-state index contributed by atoms with van der Waals surface area (Å²) in [5.41, 5.74) is 3.39. The van der Waals surface area contributed by atoms with Crippen molar-refractivity contribution in [3.8, 4) is 11.5 Å². The number of nitrogens with zero attached hydrogens (tertiary/aromatic N) is 1. The minimum absolute atomic E-state index is 0.238. The SMILES string of the molecule is COc1ccc(CCNC(=O)CC(=O)N/N=C\c2ccccc2F)cc1OC. The number of carbonyl (C=O) groups is 2. The Morgan fingerprint density at radius 2 is 1.82 bits per heavy atom. The Balaban J connectivity index is 1.73. The summed E-state index contributed by atoms with van der Waals surface area (Å²) in [7, 11) is 3.11. The third-order valence-electron chi connectivity index (χ3n) is 3.80. The standard InChI is InChI=1S/C20H22FN3O4/c1-27-17-8-7-14(11-18(17)28-2)9-10-22-19(25)12-20(26)24-23-13-15-5-3-4-6-16(15)21/h3-8,11,13H,9-10,12H2,1-2H3,(H,22,25)(H,24,26)/b23-13-. The highest BCUT2D eigenvalue weighted by atomic mass is 19.1. The van der Waals surface area contributed by atoms with Crippen molar-refractivity contribution in [3.63, 3.8) is 0 Å². The number of methoxy groups -OCH3 is 2. The van der Waals surface area contributed by atoms with Crippen molar-refractivity contribution >= 4 is 18.0 Å². The number of halogens is 1. The lowest BCUT2D eigenvalue weighted by Crippen LogP contribution is -2.31. The fourth-order valence-electron chi connectivity index (χ4n) is 2.38. The molecule has 148 valence electrons. The summed E-state index contributed by atoms with van der Waals surface area (Å²) >= 11 is 0. The van der Waals surface area contributed by atoms with E-state index in [0.717, 1.165) is 5.56 Å². The first-order valence-electron chi connectivity index (χ1n) is 8.57. The Hall–Kier alpha value is -3.42. The van der Waals surface area contributed by atoms with Crippen LogP contribution >= 0.6 is 0 Å². The molecular formula is C20H22FN3O4. The van der Waals surface area contributed by atoms with Gasteiger partial charge in [-0.2, -0.15) is 5.10 Å². The predicted molar refractivity (Wildman–Crippen MR) is 103 cm³/mol. The summed E-state index contributed by atoms with van der Waals surface area (Å²) in [6.07, 6.45) is 1.38. The Labute approximate surface area is 162 Å². The first kappa shape index (κ1) is 20.9.